The van der Waals surface area contributed by atoms with Gasteiger partial charge in [0.1, 0.15) is 0 Å². The van der Waals surface area contributed by atoms with E-state index in [1.54, 1.807) is 6.07 Å². The minimum absolute atomic E-state index is 0.00681. The molecule has 3 heterocycles. The summed E-state index contributed by atoms with van der Waals surface area (Å²) in [4.78, 5) is 20.8. The van der Waals surface area contributed by atoms with Crippen molar-refractivity contribution < 1.29 is 27.4 Å². The van der Waals surface area contributed by atoms with E-state index in [1.807, 2.05) is 40.3 Å². The van der Waals surface area contributed by atoms with Crippen molar-refractivity contribution >= 4 is 22.5 Å². The molecule has 0 radical (unpaired) electrons. The zero-order chi connectivity index (χ0) is 27.9. The number of nitrogens with one attached hydrogen (secondary N) is 1. The van der Waals surface area contributed by atoms with E-state index < -0.39 is 11.7 Å². The van der Waals surface area contributed by atoms with Gasteiger partial charge in [0.05, 0.1) is 5.56 Å². The Morgan fingerprint density at radius 3 is 2.52 bits per heavy atom. The molecular formula is C31H30F3N3O3. The average molecular weight is 550 g/mol. The van der Waals surface area contributed by atoms with Gasteiger partial charge in [0.15, 0.2) is 11.5 Å². The van der Waals surface area contributed by atoms with Crippen LogP contribution in [0.3, 0.4) is 0 Å². The fourth-order valence-corrected chi connectivity index (χ4v) is 5.76. The van der Waals surface area contributed by atoms with Crippen molar-refractivity contribution in [3.05, 3.63) is 89.1 Å². The zero-order valence-electron chi connectivity index (χ0n) is 22.1. The molecule has 0 saturated carbocycles. The summed E-state index contributed by atoms with van der Waals surface area (Å²) in [6, 6.07) is 17.4. The highest BCUT2D eigenvalue weighted by molar-refractivity contribution is 5.88. The molecule has 0 bridgehead atoms. The first-order chi connectivity index (χ1) is 19.3. The van der Waals surface area contributed by atoms with E-state index in [1.165, 1.54) is 17.7 Å². The number of carbonyl (C=O) groups excluding carboxylic acids is 1. The van der Waals surface area contributed by atoms with Crippen LogP contribution in [0, 0.1) is 0 Å². The predicted molar refractivity (Wildman–Crippen MR) is 147 cm³/mol. The molecule has 3 aromatic carbocycles. The van der Waals surface area contributed by atoms with Gasteiger partial charge in [0.25, 0.3) is 0 Å². The van der Waals surface area contributed by atoms with Crippen LogP contribution in [0.2, 0.25) is 0 Å². The Labute approximate surface area is 230 Å². The molecule has 2 aliphatic rings. The summed E-state index contributed by atoms with van der Waals surface area (Å²) in [6.07, 6.45) is -1.25. The number of nitrogens with zero attached hydrogens (tertiary/aromatic N) is 2. The first-order valence-corrected chi connectivity index (χ1v) is 13.5. The van der Waals surface area contributed by atoms with Crippen LogP contribution in [0.25, 0.3) is 10.9 Å². The van der Waals surface area contributed by atoms with Crippen LogP contribution >= 0.6 is 0 Å². The second-order valence-electron chi connectivity index (χ2n) is 10.2. The molecule has 4 aromatic rings. The highest BCUT2D eigenvalue weighted by Gasteiger charge is 2.32. The SMILES string of the molecule is CCc1cccc2c([C@@H](CC(=O)N3CCN(c4cccc(C(F)(F)F)c4)CC3)c3ccc4c(c3)OCO4)c[nH]c12. The number of para-hydroxylation sites is 1. The molecule has 6 nitrogen and oxygen atoms in total. The molecule has 0 unspecified atom stereocenters. The Morgan fingerprint density at radius 1 is 0.975 bits per heavy atom. The number of rotatable bonds is 6. The number of anilines is 1. The molecule has 1 saturated heterocycles. The lowest BCUT2D eigenvalue weighted by molar-refractivity contribution is -0.137. The molecule has 1 amide bonds. The number of aryl methyl sites for hydroxylation is 1. The van der Waals surface area contributed by atoms with E-state index in [-0.39, 0.29) is 25.0 Å². The highest BCUT2D eigenvalue weighted by Crippen LogP contribution is 2.40. The minimum atomic E-state index is -4.39. The number of aromatic nitrogens is 1. The van der Waals surface area contributed by atoms with Crippen LogP contribution in [-0.4, -0.2) is 48.8 Å². The van der Waals surface area contributed by atoms with Crippen molar-refractivity contribution in [2.75, 3.05) is 37.9 Å². The Balaban J connectivity index is 1.24. The third kappa shape index (κ3) is 4.96. The molecule has 0 spiro atoms. The fourth-order valence-electron chi connectivity index (χ4n) is 5.76. The van der Waals surface area contributed by atoms with Crippen LogP contribution in [-0.2, 0) is 17.4 Å². The van der Waals surface area contributed by atoms with Gasteiger partial charge in [-0.25, -0.2) is 0 Å². The molecule has 1 atom stereocenters. The van der Waals surface area contributed by atoms with Crippen LogP contribution in [0.15, 0.2) is 66.9 Å². The number of H-pyrrole nitrogens is 1. The molecule has 6 rings (SSSR count). The van der Waals surface area contributed by atoms with Crippen LogP contribution < -0.4 is 14.4 Å². The molecule has 9 heteroatoms. The van der Waals surface area contributed by atoms with Crippen molar-refractivity contribution in [2.45, 2.75) is 31.9 Å². The van der Waals surface area contributed by atoms with Gasteiger partial charge in [0.2, 0.25) is 12.7 Å². The van der Waals surface area contributed by atoms with Gasteiger partial charge in [-0.05, 0) is 53.4 Å². The molecule has 1 N–H and O–H groups in total. The largest absolute Gasteiger partial charge is 0.454 e. The molecule has 2 aliphatic heterocycles. The first-order valence-electron chi connectivity index (χ1n) is 13.5. The van der Waals surface area contributed by atoms with E-state index in [9.17, 15) is 18.0 Å². The Hall–Kier alpha value is -4.14. The Bertz CT molecular complexity index is 1540. The lowest BCUT2D eigenvalue weighted by atomic mass is 9.87. The van der Waals surface area contributed by atoms with E-state index >= 15 is 0 Å². The topological polar surface area (TPSA) is 57.8 Å². The maximum absolute atomic E-state index is 13.7. The number of fused-ring (bicyclic) bond motifs is 2. The number of amides is 1. The normalized spacial score (nSPS) is 16.0. The number of hydrogen-bond donors (Lipinski definition) is 1. The van der Waals surface area contributed by atoms with Gasteiger partial charge in [-0.3, -0.25) is 4.79 Å². The van der Waals surface area contributed by atoms with E-state index in [2.05, 4.69) is 24.0 Å². The number of piperazine rings is 1. The quantitative estimate of drug-likeness (QED) is 0.305. The van der Waals surface area contributed by atoms with E-state index in [0.29, 0.717) is 43.4 Å². The fraction of sp³-hybridized carbons (Fsp3) is 0.323. The summed E-state index contributed by atoms with van der Waals surface area (Å²) < 4.78 is 50.8. The monoisotopic (exact) mass is 549 g/mol. The number of alkyl halides is 3. The summed E-state index contributed by atoms with van der Waals surface area (Å²) in [7, 11) is 0. The molecule has 0 aliphatic carbocycles. The van der Waals surface area contributed by atoms with Gasteiger partial charge in [-0.2, -0.15) is 13.2 Å². The van der Waals surface area contributed by atoms with Gasteiger partial charge >= 0.3 is 6.18 Å². The molecule has 1 aromatic heterocycles. The van der Waals surface area contributed by atoms with Crippen LogP contribution in [0.5, 0.6) is 11.5 Å². The summed E-state index contributed by atoms with van der Waals surface area (Å²) in [5.41, 5.74) is 4.15. The number of aromatic amines is 1. The van der Waals surface area contributed by atoms with Gasteiger partial charge in [0, 0.05) is 61.3 Å². The lowest BCUT2D eigenvalue weighted by Gasteiger charge is -2.37. The number of carbonyl (C=O) groups is 1. The van der Waals surface area contributed by atoms with Gasteiger partial charge in [-0.1, -0.05) is 37.3 Å². The van der Waals surface area contributed by atoms with Gasteiger partial charge in [-0.15, -0.1) is 0 Å². The Kier molecular flexibility index (Phi) is 6.82. The predicted octanol–water partition coefficient (Wildman–Crippen LogP) is 6.35. The number of halogens is 3. The van der Waals surface area contributed by atoms with Crippen molar-refractivity contribution in [3.63, 3.8) is 0 Å². The molecular weight excluding hydrogens is 519 g/mol. The standard InChI is InChI=1S/C31H30F3N3O3/c1-2-20-5-3-8-24-26(18-35-30(20)24)25(21-9-10-27-28(15-21)40-19-39-27)17-29(38)37-13-11-36(12-14-37)23-7-4-6-22(16-23)31(32,33)34/h3-10,15-16,18,25,35H,2,11-14,17,19H2,1H3/t25-/m0/s1. The third-order valence-electron chi connectivity index (χ3n) is 7.94. The lowest BCUT2D eigenvalue weighted by Crippen LogP contribution is -2.49. The number of benzene rings is 3. The second-order valence-corrected chi connectivity index (χ2v) is 10.2. The minimum Gasteiger partial charge on any atom is -0.454 e. The summed E-state index contributed by atoms with van der Waals surface area (Å²) in [6.45, 7) is 4.11. The molecule has 40 heavy (non-hydrogen) atoms. The molecule has 208 valence electrons. The van der Waals surface area contributed by atoms with Crippen molar-refractivity contribution in [3.8, 4) is 11.5 Å². The zero-order valence-corrected chi connectivity index (χ0v) is 22.1. The van der Waals surface area contributed by atoms with Crippen molar-refractivity contribution in [2.24, 2.45) is 0 Å². The smallest absolute Gasteiger partial charge is 0.416 e. The summed E-state index contributed by atoms with van der Waals surface area (Å²) in [5, 5.41) is 1.09. The maximum atomic E-state index is 13.7. The van der Waals surface area contributed by atoms with Gasteiger partial charge < -0.3 is 24.3 Å². The third-order valence-corrected chi connectivity index (χ3v) is 7.94. The Morgan fingerprint density at radius 2 is 1.75 bits per heavy atom. The van der Waals surface area contributed by atoms with Crippen LogP contribution in [0.4, 0.5) is 18.9 Å². The maximum Gasteiger partial charge on any atom is 0.416 e. The second kappa shape index (κ2) is 10.4. The van der Waals surface area contributed by atoms with E-state index in [4.69, 9.17) is 9.47 Å². The van der Waals surface area contributed by atoms with Crippen molar-refractivity contribution in [1.29, 1.82) is 0 Å². The summed E-state index contributed by atoms with van der Waals surface area (Å²) >= 11 is 0. The summed E-state index contributed by atoms with van der Waals surface area (Å²) in [5.74, 6) is 1.14. The van der Waals surface area contributed by atoms with E-state index in [0.717, 1.165) is 34.5 Å². The average Bonchev–Trinajstić information content (AvgIpc) is 3.62. The first kappa shape index (κ1) is 26.1. The molecule has 1 fully saturated rings. The van der Waals surface area contributed by atoms with Crippen molar-refractivity contribution in [1.82, 2.24) is 9.88 Å². The number of hydrogen-bond acceptors (Lipinski definition) is 4. The van der Waals surface area contributed by atoms with Crippen LogP contribution in [0.1, 0.15) is 41.5 Å². The number of ether oxygens (including phenoxy) is 2. The highest BCUT2D eigenvalue weighted by atomic mass is 19.4.